The van der Waals surface area contributed by atoms with Crippen LogP contribution in [0.4, 0.5) is 11.4 Å². The van der Waals surface area contributed by atoms with E-state index in [0.717, 1.165) is 11.3 Å². The summed E-state index contributed by atoms with van der Waals surface area (Å²) in [6.45, 7) is 4.68. The lowest BCUT2D eigenvalue weighted by molar-refractivity contribution is -0.384. The number of ether oxygens (including phenoxy) is 2. The number of aromatic nitrogens is 3. The Hall–Kier alpha value is -5.23. The number of hydrogen-bond acceptors (Lipinski definition) is 8. The maximum absolute atomic E-state index is 13.6. The van der Waals surface area contributed by atoms with Crippen molar-refractivity contribution in [3.05, 3.63) is 115 Å². The molecule has 5 aromatic rings. The van der Waals surface area contributed by atoms with Crippen LogP contribution < -0.4 is 19.8 Å². The monoisotopic (exact) mass is 582 g/mol. The molecule has 0 unspecified atom stereocenters. The van der Waals surface area contributed by atoms with Crippen LogP contribution in [0.15, 0.2) is 93.1 Å². The molecular weight excluding hydrogens is 556 g/mol. The number of nitro groups is 1. The Morgan fingerprint density at radius 2 is 1.71 bits per heavy atom. The lowest BCUT2D eigenvalue weighted by Crippen LogP contribution is -2.20. The summed E-state index contributed by atoms with van der Waals surface area (Å²) in [4.78, 5) is 29.7. The van der Waals surface area contributed by atoms with Gasteiger partial charge in [0.05, 0.1) is 27.7 Å². The van der Waals surface area contributed by atoms with E-state index in [4.69, 9.17) is 19.6 Å². The smallest absolute Gasteiger partial charge is 0.297 e. The molecule has 3 aromatic carbocycles. The van der Waals surface area contributed by atoms with Crippen molar-refractivity contribution in [2.45, 2.75) is 13.8 Å². The molecule has 12 heteroatoms. The predicted octanol–water partition coefficient (Wildman–Crippen LogP) is 5.20. The van der Waals surface area contributed by atoms with Gasteiger partial charge < -0.3 is 9.47 Å². The second kappa shape index (κ2) is 11.0. The number of non-ortho nitro benzene ring substituents is 1. The quantitative estimate of drug-likeness (QED) is 0.155. The SMILES string of the molecule is CC(=Nn1c(-c2ccc([N+](=O)[O-])cc2)csc1=Nc1c(C)n(C)n(-c2ccccc2)c1=O)c1ccc2c(c1)OCCO2. The average Bonchev–Trinajstić information content (AvgIpc) is 3.50. The Bertz CT molecular complexity index is 1970. The van der Waals surface area contributed by atoms with E-state index in [-0.39, 0.29) is 11.2 Å². The molecule has 3 heterocycles. The molecule has 0 saturated carbocycles. The zero-order chi connectivity index (χ0) is 29.4. The Labute approximate surface area is 244 Å². The topological polar surface area (TPSA) is 118 Å². The highest BCUT2D eigenvalue weighted by molar-refractivity contribution is 7.07. The summed E-state index contributed by atoms with van der Waals surface area (Å²) in [7, 11) is 1.82. The minimum Gasteiger partial charge on any atom is -0.486 e. The summed E-state index contributed by atoms with van der Waals surface area (Å²) in [5.41, 5.74) is 4.31. The third-order valence-electron chi connectivity index (χ3n) is 7.00. The molecule has 0 fully saturated rings. The summed E-state index contributed by atoms with van der Waals surface area (Å²) in [6, 6.07) is 21.3. The van der Waals surface area contributed by atoms with E-state index in [1.54, 1.807) is 26.2 Å². The average molecular weight is 583 g/mol. The largest absolute Gasteiger partial charge is 0.486 e. The van der Waals surface area contributed by atoms with Gasteiger partial charge in [-0.1, -0.05) is 18.2 Å². The fraction of sp³-hybridized carbons (Fsp3) is 0.167. The van der Waals surface area contributed by atoms with Gasteiger partial charge >= 0.3 is 0 Å². The van der Waals surface area contributed by atoms with Gasteiger partial charge in [-0.2, -0.15) is 5.10 Å². The molecule has 0 spiro atoms. The Morgan fingerprint density at radius 3 is 2.43 bits per heavy atom. The molecule has 0 atom stereocenters. The minimum absolute atomic E-state index is 0.0113. The first-order valence-electron chi connectivity index (χ1n) is 13.1. The number of thiazole rings is 1. The van der Waals surface area contributed by atoms with E-state index in [9.17, 15) is 14.9 Å². The summed E-state index contributed by atoms with van der Waals surface area (Å²) in [5, 5.41) is 18.0. The van der Waals surface area contributed by atoms with Crippen LogP contribution in [0, 0.1) is 17.0 Å². The second-order valence-electron chi connectivity index (χ2n) is 9.59. The van der Waals surface area contributed by atoms with Crippen LogP contribution in [-0.4, -0.2) is 37.9 Å². The Balaban J connectivity index is 1.52. The van der Waals surface area contributed by atoms with Gasteiger partial charge in [0, 0.05) is 35.7 Å². The molecule has 6 rings (SSSR count). The molecule has 1 aliphatic rings. The Morgan fingerprint density at radius 1 is 1.00 bits per heavy atom. The highest BCUT2D eigenvalue weighted by Gasteiger charge is 2.18. The molecule has 0 saturated heterocycles. The maximum atomic E-state index is 13.6. The number of para-hydroxylation sites is 1. The van der Waals surface area contributed by atoms with E-state index in [1.807, 2.05) is 74.8 Å². The van der Waals surface area contributed by atoms with Crippen LogP contribution in [0.1, 0.15) is 18.2 Å². The molecule has 1 aliphatic heterocycles. The van der Waals surface area contributed by atoms with Gasteiger partial charge in [0.25, 0.3) is 11.2 Å². The minimum atomic E-state index is -0.438. The fourth-order valence-electron chi connectivity index (χ4n) is 4.68. The van der Waals surface area contributed by atoms with Crippen molar-refractivity contribution in [1.82, 2.24) is 14.0 Å². The van der Waals surface area contributed by atoms with Crippen LogP contribution in [0.2, 0.25) is 0 Å². The second-order valence-corrected chi connectivity index (χ2v) is 10.4. The van der Waals surface area contributed by atoms with Crippen molar-refractivity contribution in [3.8, 4) is 28.4 Å². The standard InChI is InChI=1S/C30H26N6O5S/c1-19(22-11-14-26-27(17-22)41-16-15-40-26)32-34-25(21-9-12-24(13-10-21)36(38)39)18-42-30(34)31-28-20(2)33(3)35(29(28)37)23-7-5-4-6-8-23/h4-14,17-18H,15-16H2,1-3H3. The summed E-state index contributed by atoms with van der Waals surface area (Å²) in [5.74, 6) is 1.32. The normalized spacial score (nSPS) is 13.4. The van der Waals surface area contributed by atoms with Crippen molar-refractivity contribution in [3.63, 3.8) is 0 Å². The van der Waals surface area contributed by atoms with E-state index in [2.05, 4.69) is 0 Å². The summed E-state index contributed by atoms with van der Waals surface area (Å²) >= 11 is 1.32. The van der Waals surface area contributed by atoms with E-state index < -0.39 is 4.92 Å². The van der Waals surface area contributed by atoms with Crippen molar-refractivity contribution < 1.29 is 14.4 Å². The number of fused-ring (bicyclic) bond motifs is 1. The van der Waals surface area contributed by atoms with Crippen LogP contribution in [0.3, 0.4) is 0 Å². The third kappa shape index (κ3) is 4.92. The lowest BCUT2D eigenvalue weighted by atomic mass is 10.1. The Kier molecular flexibility index (Phi) is 7.05. The fourth-order valence-corrected chi connectivity index (χ4v) is 5.52. The summed E-state index contributed by atoms with van der Waals surface area (Å²) in [6.07, 6.45) is 0. The van der Waals surface area contributed by atoms with Crippen molar-refractivity contribution in [1.29, 1.82) is 0 Å². The van der Waals surface area contributed by atoms with Crippen LogP contribution in [0.25, 0.3) is 16.9 Å². The molecule has 0 radical (unpaired) electrons. The first-order valence-corrected chi connectivity index (χ1v) is 14.0. The van der Waals surface area contributed by atoms with Crippen LogP contribution >= 0.6 is 11.3 Å². The molecule has 0 bridgehead atoms. The van der Waals surface area contributed by atoms with Crippen molar-refractivity contribution in [2.75, 3.05) is 13.2 Å². The van der Waals surface area contributed by atoms with Gasteiger partial charge in [-0.15, -0.1) is 11.3 Å². The van der Waals surface area contributed by atoms with Gasteiger partial charge in [-0.3, -0.25) is 19.6 Å². The zero-order valence-electron chi connectivity index (χ0n) is 23.1. The highest BCUT2D eigenvalue weighted by atomic mass is 32.1. The number of benzene rings is 3. The van der Waals surface area contributed by atoms with Crippen LogP contribution in [0.5, 0.6) is 11.5 Å². The molecule has 0 aliphatic carbocycles. The zero-order valence-corrected chi connectivity index (χ0v) is 23.9. The van der Waals surface area contributed by atoms with Gasteiger partial charge in [0.2, 0.25) is 4.80 Å². The first-order chi connectivity index (χ1) is 20.3. The molecule has 0 amide bonds. The number of nitro benzene ring substituents is 1. The van der Waals surface area contributed by atoms with E-state index >= 15 is 0 Å². The van der Waals surface area contributed by atoms with Crippen molar-refractivity contribution >= 4 is 28.4 Å². The molecule has 212 valence electrons. The van der Waals surface area contributed by atoms with Crippen molar-refractivity contribution in [2.24, 2.45) is 17.1 Å². The number of nitrogens with zero attached hydrogens (tertiary/aromatic N) is 6. The van der Waals surface area contributed by atoms with Gasteiger partial charge in [0.15, 0.2) is 17.2 Å². The maximum Gasteiger partial charge on any atom is 0.297 e. The van der Waals surface area contributed by atoms with E-state index in [0.29, 0.717) is 57.9 Å². The van der Waals surface area contributed by atoms with Gasteiger partial charge in [-0.25, -0.2) is 14.4 Å². The van der Waals surface area contributed by atoms with Crippen LogP contribution in [-0.2, 0) is 7.05 Å². The molecular formula is C30H26N6O5S. The van der Waals surface area contributed by atoms with E-state index in [1.165, 1.54) is 23.5 Å². The van der Waals surface area contributed by atoms with Gasteiger partial charge in [-0.05, 0) is 56.3 Å². The molecule has 11 nitrogen and oxygen atoms in total. The third-order valence-corrected chi connectivity index (χ3v) is 7.82. The first kappa shape index (κ1) is 27.0. The highest BCUT2D eigenvalue weighted by Crippen LogP contribution is 2.31. The van der Waals surface area contributed by atoms with Gasteiger partial charge in [0.1, 0.15) is 13.2 Å². The number of hydrogen-bond donors (Lipinski definition) is 0. The lowest BCUT2D eigenvalue weighted by Gasteiger charge is -2.18. The predicted molar refractivity (Wildman–Crippen MR) is 160 cm³/mol. The summed E-state index contributed by atoms with van der Waals surface area (Å²) < 4.78 is 16.4. The molecule has 0 N–H and O–H groups in total. The molecule has 42 heavy (non-hydrogen) atoms. The molecule has 2 aromatic heterocycles. The number of rotatable bonds is 6.